The summed E-state index contributed by atoms with van der Waals surface area (Å²) in [7, 11) is 0. The number of Topliss-reactive ketones (excluding diaryl/α,β-unsaturated/α-hetero) is 1. The van der Waals surface area contributed by atoms with Crippen LogP contribution in [0.1, 0.15) is 44.6 Å². The summed E-state index contributed by atoms with van der Waals surface area (Å²) in [6.07, 6.45) is 1.10. The zero-order chi connectivity index (χ0) is 21.6. The Labute approximate surface area is 182 Å². The minimum atomic E-state index is -0.479. The first-order valence-electron chi connectivity index (χ1n) is 9.75. The van der Waals surface area contributed by atoms with Crippen LogP contribution in [0.5, 0.6) is 0 Å². The van der Waals surface area contributed by atoms with Crippen molar-refractivity contribution in [3.8, 4) is 0 Å². The van der Waals surface area contributed by atoms with Gasteiger partial charge in [0.05, 0.1) is 10.6 Å². The topological polar surface area (TPSA) is 80.5 Å². The number of allylic oxidation sites excluding steroid dienone is 2. The predicted molar refractivity (Wildman–Crippen MR) is 117 cm³/mol. The van der Waals surface area contributed by atoms with Gasteiger partial charge in [0.25, 0.3) is 5.69 Å². The zero-order valence-electron chi connectivity index (χ0n) is 16.7. The van der Waals surface area contributed by atoms with Crippen molar-refractivity contribution >= 4 is 39.0 Å². The number of halogens is 1. The molecule has 1 unspecified atom stereocenters. The number of amides is 1. The minimum absolute atomic E-state index is 0.0363. The van der Waals surface area contributed by atoms with Crippen molar-refractivity contribution in [1.82, 2.24) is 0 Å². The first-order chi connectivity index (χ1) is 14.2. The summed E-state index contributed by atoms with van der Waals surface area (Å²) in [6, 6.07) is 13.7. The van der Waals surface area contributed by atoms with E-state index < -0.39 is 4.92 Å². The zero-order valence-corrected chi connectivity index (χ0v) is 18.3. The maximum absolute atomic E-state index is 13.3. The normalized spacial score (nSPS) is 20.9. The van der Waals surface area contributed by atoms with Crippen LogP contribution in [0, 0.1) is 15.5 Å². The number of hydrogen-bond donors (Lipinski definition) is 0. The molecule has 7 heteroatoms. The van der Waals surface area contributed by atoms with E-state index in [-0.39, 0.29) is 35.1 Å². The number of nitro groups is 1. The van der Waals surface area contributed by atoms with Gasteiger partial charge in [-0.1, -0.05) is 48.0 Å². The summed E-state index contributed by atoms with van der Waals surface area (Å²) < 4.78 is 0.888. The molecule has 4 rings (SSSR count). The Kier molecular flexibility index (Phi) is 5.10. The second-order valence-corrected chi connectivity index (χ2v) is 9.53. The number of ketones is 1. The molecular weight excluding hydrogens is 448 g/mol. The molecule has 0 N–H and O–H groups in total. The third kappa shape index (κ3) is 3.69. The Hall–Kier alpha value is -2.80. The summed E-state index contributed by atoms with van der Waals surface area (Å²) in [4.78, 5) is 38.9. The van der Waals surface area contributed by atoms with Gasteiger partial charge in [0.15, 0.2) is 5.78 Å². The van der Waals surface area contributed by atoms with E-state index in [1.165, 1.54) is 17.0 Å². The lowest BCUT2D eigenvalue weighted by Crippen LogP contribution is -2.43. The molecule has 0 spiro atoms. The molecule has 154 valence electrons. The van der Waals surface area contributed by atoms with Crippen molar-refractivity contribution in [3.05, 3.63) is 80.0 Å². The van der Waals surface area contributed by atoms with Crippen LogP contribution < -0.4 is 4.90 Å². The van der Waals surface area contributed by atoms with Gasteiger partial charge in [0.2, 0.25) is 5.91 Å². The largest absolute Gasteiger partial charge is 0.294 e. The van der Waals surface area contributed by atoms with Crippen molar-refractivity contribution < 1.29 is 14.5 Å². The predicted octanol–water partition coefficient (Wildman–Crippen LogP) is 5.52. The number of carbonyl (C=O) groups is 2. The van der Waals surface area contributed by atoms with E-state index in [0.29, 0.717) is 29.8 Å². The molecule has 6 nitrogen and oxygen atoms in total. The molecule has 0 radical (unpaired) electrons. The molecule has 0 saturated carbocycles. The van der Waals surface area contributed by atoms with Crippen LogP contribution in [-0.4, -0.2) is 16.6 Å². The van der Waals surface area contributed by atoms with Gasteiger partial charge in [-0.25, -0.2) is 0 Å². The van der Waals surface area contributed by atoms with E-state index in [9.17, 15) is 19.7 Å². The van der Waals surface area contributed by atoms with Crippen LogP contribution >= 0.6 is 15.9 Å². The third-order valence-electron chi connectivity index (χ3n) is 5.69. The monoisotopic (exact) mass is 468 g/mol. The van der Waals surface area contributed by atoms with Crippen LogP contribution in [0.3, 0.4) is 0 Å². The first kappa shape index (κ1) is 20.5. The molecule has 30 heavy (non-hydrogen) atoms. The van der Waals surface area contributed by atoms with Crippen LogP contribution in [0.2, 0.25) is 0 Å². The standard InChI is InChI=1S/C23H21BrN2O4/c1-23(2)12-19-22(20(27)13-23)18(14-5-3-6-15(24)9-14)11-21(28)25(19)16-7-4-8-17(10-16)26(29)30/h3-10,18H,11-13H2,1-2H3. The first-order valence-corrected chi connectivity index (χ1v) is 10.5. The number of benzene rings is 2. The fraction of sp³-hybridized carbons (Fsp3) is 0.304. The Morgan fingerprint density at radius 3 is 2.53 bits per heavy atom. The molecule has 0 saturated heterocycles. The summed E-state index contributed by atoms with van der Waals surface area (Å²) >= 11 is 3.48. The highest BCUT2D eigenvalue weighted by Gasteiger charge is 2.44. The quantitative estimate of drug-likeness (QED) is 0.438. The minimum Gasteiger partial charge on any atom is -0.294 e. The van der Waals surface area contributed by atoms with Gasteiger partial charge in [-0.15, -0.1) is 0 Å². The number of rotatable bonds is 3. The number of nitrogens with zero attached hydrogens (tertiary/aromatic N) is 2. The number of anilines is 1. The highest BCUT2D eigenvalue weighted by atomic mass is 79.9. The van der Waals surface area contributed by atoms with Crippen LogP contribution in [0.15, 0.2) is 64.3 Å². The van der Waals surface area contributed by atoms with Crippen molar-refractivity contribution in [1.29, 1.82) is 0 Å². The second-order valence-electron chi connectivity index (χ2n) is 8.62. The average Bonchev–Trinajstić information content (AvgIpc) is 2.66. The van der Waals surface area contributed by atoms with Gasteiger partial charge in [0, 0.05) is 46.6 Å². The van der Waals surface area contributed by atoms with Gasteiger partial charge < -0.3 is 0 Å². The molecule has 1 amide bonds. The van der Waals surface area contributed by atoms with Crippen molar-refractivity contribution in [2.75, 3.05) is 4.90 Å². The summed E-state index contributed by atoms with van der Waals surface area (Å²) in [5.41, 5.74) is 2.28. The van der Waals surface area contributed by atoms with E-state index in [2.05, 4.69) is 15.9 Å². The van der Waals surface area contributed by atoms with E-state index in [4.69, 9.17) is 0 Å². The number of nitro benzene ring substituents is 1. The summed E-state index contributed by atoms with van der Waals surface area (Å²) in [6.45, 7) is 4.01. The van der Waals surface area contributed by atoms with Crippen LogP contribution in [0.25, 0.3) is 0 Å². The molecule has 2 aromatic rings. The molecule has 1 aliphatic carbocycles. The van der Waals surface area contributed by atoms with E-state index in [1.807, 2.05) is 38.1 Å². The molecular formula is C23H21BrN2O4. The molecule has 1 atom stereocenters. The highest BCUT2D eigenvalue weighted by Crippen LogP contribution is 2.48. The molecule has 0 fully saturated rings. The lowest BCUT2D eigenvalue weighted by atomic mass is 9.69. The fourth-order valence-corrected chi connectivity index (χ4v) is 4.89. The SMILES string of the molecule is CC1(C)CC(=O)C2=C(C1)N(c1cccc([N+](=O)[O-])c1)C(=O)CC2c1cccc(Br)c1. The summed E-state index contributed by atoms with van der Waals surface area (Å²) in [5.74, 6) is -0.442. The molecule has 1 heterocycles. The maximum Gasteiger partial charge on any atom is 0.271 e. The Balaban J connectivity index is 1.90. The van der Waals surface area contributed by atoms with Gasteiger partial charge in [-0.2, -0.15) is 0 Å². The third-order valence-corrected chi connectivity index (χ3v) is 6.19. The molecule has 1 aliphatic heterocycles. The van der Waals surface area contributed by atoms with Crippen molar-refractivity contribution in [3.63, 3.8) is 0 Å². The van der Waals surface area contributed by atoms with E-state index in [1.54, 1.807) is 12.1 Å². The van der Waals surface area contributed by atoms with Gasteiger partial charge >= 0.3 is 0 Å². The van der Waals surface area contributed by atoms with Crippen molar-refractivity contribution in [2.45, 2.75) is 39.0 Å². The van der Waals surface area contributed by atoms with Gasteiger partial charge in [-0.05, 0) is 35.6 Å². The Bertz CT molecular complexity index is 1110. The van der Waals surface area contributed by atoms with E-state index in [0.717, 1.165) is 10.0 Å². The molecule has 0 aromatic heterocycles. The Morgan fingerprint density at radius 2 is 1.83 bits per heavy atom. The van der Waals surface area contributed by atoms with Crippen molar-refractivity contribution in [2.24, 2.45) is 5.41 Å². The van der Waals surface area contributed by atoms with E-state index >= 15 is 0 Å². The van der Waals surface area contributed by atoms with Gasteiger partial charge in [-0.3, -0.25) is 24.6 Å². The number of hydrogen-bond acceptors (Lipinski definition) is 4. The number of non-ortho nitro benzene ring substituents is 1. The highest BCUT2D eigenvalue weighted by molar-refractivity contribution is 9.10. The Morgan fingerprint density at radius 1 is 1.10 bits per heavy atom. The maximum atomic E-state index is 13.3. The van der Waals surface area contributed by atoms with Crippen LogP contribution in [0.4, 0.5) is 11.4 Å². The number of carbonyl (C=O) groups excluding carboxylic acids is 2. The molecule has 2 aliphatic rings. The second kappa shape index (κ2) is 7.47. The lowest BCUT2D eigenvalue weighted by Gasteiger charge is -2.42. The smallest absolute Gasteiger partial charge is 0.271 e. The average molecular weight is 469 g/mol. The lowest BCUT2D eigenvalue weighted by molar-refractivity contribution is -0.384. The summed E-state index contributed by atoms with van der Waals surface area (Å²) in [5, 5.41) is 11.3. The van der Waals surface area contributed by atoms with Crippen LogP contribution in [-0.2, 0) is 9.59 Å². The van der Waals surface area contributed by atoms with Gasteiger partial charge in [0.1, 0.15) is 0 Å². The molecule has 0 bridgehead atoms. The fourth-order valence-electron chi connectivity index (χ4n) is 4.47. The molecule has 2 aromatic carbocycles.